The SMILES string of the molecule is COc1ccc(-c2nnc3sc(C=Cc4ccc(F)cc4)nn23)cc1. The van der Waals surface area contributed by atoms with Gasteiger partial charge in [-0.1, -0.05) is 29.5 Å². The zero-order valence-corrected chi connectivity index (χ0v) is 14.1. The lowest BCUT2D eigenvalue weighted by molar-refractivity contribution is 0.415. The molecule has 0 amide bonds. The summed E-state index contributed by atoms with van der Waals surface area (Å²) in [6, 6.07) is 13.9. The molecule has 0 atom stereocenters. The van der Waals surface area contributed by atoms with Gasteiger partial charge in [0.15, 0.2) is 5.82 Å². The number of rotatable bonds is 4. The molecule has 0 fully saturated rings. The molecule has 0 spiro atoms. The second-order valence-electron chi connectivity index (χ2n) is 5.27. The second-order valence-corrected chi connectivity index (χ2v) is 6.26. The van der Waals surface area contributed by atoms with Crippen LogP contribution >= 0.6 is 11.3 Å². The maximum Gasteiger partial charge on any atom is 0.235 e. The highest BCUT2D eigenvalue weighted by Gasteiger charge is 2.12. The van der Waals surface area contributed by atoms with Gasteiger partial charge in [-0.25, -0.2) is 4.39 Å². The Morgan fingerprint density at radius 3 is 2.48 bits per heavy atom. The lowest BCUT2D eigenvalue weighted by Gasteiger charge is -2.00. The first-order valence-electron chi connectivity index (χ1n) is 7.53. The van der Waals surface area contributed by atoms with Crippen LogP contribution < -0.4 is 4.74 Å². The molecule has 0 saturated heterocycles. The van der Waals surface area contributed by atoms with E-state index < -0.39 is 0 Å². The lowest BCUT2D eigenvalue weighted by Crippen LogP contribution is -1.91. The Labute approximate surface area is 147 Å². The van der Waals surface area contributed by atoms with Crippen molar-refractivity contribution in [2.24, 2.45) is 0 Å². The van der Waals surface area contributed by atoms with Crippen molar-refractivity contribution in [3.8, 4) is 17.1 Å². The standard InChI is InChI=1S/C18H13FN4OS/c1-24-15-9-5-13(6-10-15)17-20-21-18-23(17)22-16(25-18)11-4-12-2-7-14(19)8-3-12/h2-11H,1H3. The Bertz CT molecular complexity index is 1040. The van der Waals surface area contributed by atoms with E-state index in [1.165, 1.54) is 23.5 Å². The van der Waals surface area contributed by atoms with Crippen LogP contribution in [0.4, 0.5) is 4.39 Å². The minimum Gasteiger partial charge on any atom is -0.497 e. The molecule has 5 nitrogen and oxygen atoms in total. The Kier molecular flexibility index (Phi) is 3.99. The van der Waals surface area contributed by atoms with Gasteiger partial charge in [0.25, 0.3) is 0 Å². The first-order valence-corrected chi connectivity index (χ1v) is 8.35. The quantitative estimate of drug-likeness (QED) is 0.553. The van der Waals surface area contributed by atoms with E-state index in [-0.39, 0.29) is 5.82 Å². The summed E-state index contributed by atoms with van der Waals surface area (Å²) >= 11 is 1.44. The molecule has 2 aromatic carbocycles. The second kappa shape index (κ2) is 6.45. The van der Waals surface area contributed by atoms with Crippen LogP contribution in [0.2, 0.25) is 0 Å². The summed E-state index contributed by atoms with van der Waals surface area (Å²) in [6.45, 7) is 0. The molecule has 0 aliphatic heterocycles. The molecular formula is C18H13FN4OS. The van der Waals surface area contributed by atoms with E-state index in [4.69, 9.17) is 4.74 Å². The van der Waals surface area contributed by atoms with E-state index in [1.54, 1.807) is 23.8 Å². The monoisotopic (exact) mass is 352 g/mol. The molecule has 4 aromatic rings. The van der Waals surface area contributed by atoms with Gasteiger partial charge in [-0.05, 0) is 48.0 Å². The van der Waals surface area contributed by atoms with Crippen LogP contribution in [0.3, 0.4) is 0 Å². The number of aromatic nitrogens is 4. The van der Waals surface area contributed by atoms with Crippen molar-refractivity contribution < 1.29 is 9.13 Å². The fraction of sp³-hybridized carbons (Fsp3) is 0.0556. The van der Waals surface area contributed by atoms with E-state index in [2.05, 4.69) is 15.3 Å². The van der Waals surface area contributed by atoms with E-state index in [0.717, 1.165) is 21.9 Å². The van der Waals surface area contributed by atoms with Gasteiger partial charge in [0.1, 0.15) is 16.6 Å². The largest absolute Gasteiger partial charge is 0.497 e. The zero-order valence-electron chi connectivity index (χ0n) is 13.3. The topological polar surface area (TPSA) is 52.3 Å². The molecule has 124 valence electrons. The molecule has 2 aromatic heterocycles. The molecular weight excluding hydrogens is 339 g/mol. The highest BCUT2D eigenvalue weighted by atomic mass is 32.1. The Hall–Kier alpha value is -3.06. The maximum absolute atomic E-state index is 12.9. The number of hydrogen-bond donors (Lipinski definition) is 0. The van der Waals surface area contributed by atoms with Gasteiger partial charge in [-0.3, -0.25) is 0 Å². The van der Waals surface area contributed by atoms with Crippen LogP contribution in [-0.2, 0) is 0 Å². The average molecular weight is 352 g/mol. The number of nitrogens with zero attached hydrogens (tertiary/aromatic N) is 4. The summed E-state index contributed by atoms with van der Waals surface area (Å²) in [5.41, 5.74) is 1.82. The maximum atomic E-state index is 12.9. The van der Waals surface area contributed by atoms with Gasteiger partial charge in [-0.2, -0.15) is 9.61 Å². The van der Waals surface area contributed by atoms with Gasteiger partial charge in [-0.15, -0.1) is 10.2 Å². The number of halogens is 1. The van der Waals surface area contributed by atoms with Crippen LogP contribution in [0.5, 0.6) is 5.75 Å². The molecule has 0 aliphatic rings. The zero-order chi connectivity index (χ0) is 17.2. The Balaban J connectivity index is 1.64. The third kappa shape index (κ3) is 3.14. The van der Waals surface area contributed by atoms with Crippen molar-refractivity contribution in [2.45, 2.75) is 0 Å². The molecule has 0 aliphatic carbocycles. The van der Waals surface area contributed by atoms with E-state index in [1.807, 2.05) is 36.4 Å². The van der Waals surface area contributed by atoms with Crippen molar-refractivity contribution >= 4 is 28.4 Å². The van der Waals surface area contributed by atoms with Crippen LogP contribution in [0.25, 0.3) is 28.5 Å². The summed E-state index contributed by atoms with van der Waals surface area (Å²) in [5.74, 6) is 1.21. The molecule has 0 N–H and O–H groups in total. The smallest absolute Gasteiger partial charge is 0.235 e. The van der Waals surface area contributed by atoms with Crippen molar-refractivity contribution in [1.82, 2.24) is 19.8 Å². The van der Waals surface area contributed by atoms with Gasteiger partial charge < -0.3 is 4.74 Å². The number of benzene rings is 2. The molecule has 0 bridgehead atoms. The molecule has 4 rings (SSSR count). The van der Waals surface area contributed by atoms with Crippen LogP contribution in [0, 0.1) is 5.82 Å². The fourth-order valence-corrected chi connectivity index (χ4v) is 3.10. The van der Waals surface area contributed by atoms with Crippen LogP contribution in [-0.4, -0.2) is 26.9 Å². The summed E-state index contributed by atoms with van der Waals surface area (Å²) in [4.78, 5) is 0.713. The Morgan fingerprint density at radius 2 is 1.76 bits per heavy atom. The van der Waals surface area contributed by atoms with Crippen molar-refractivity contribution in [1.29, 1.82) is 0 Å². The lowest BCUT2D eigenvalue weighted by atomic mass is 10.2. The summed E-state index contributed by atoms with van der Waals surface area (Å²) in [6.07, 6.45) is 3.77. The van der Waals surface area contributed by atoms with Crippen molar-refractivity contribution in [3.05, 3.63) is 64.9 Å². The molecule has 7 heteroatoms. The number of hydrogen-bond acceptors (Lipinski definition) is 5. The molecule has 2 heterocycles. The van der Waals surface area contributed by atoms with Gasteiger partial charge >= 0.3 is 0 Å². The number of methoxy groups -OCH3 is 1. The highest BCUT2D eigenvalue weighted by Crippen LogP contribution is 2.24. The Morgan fingerprint density at radius 1 is 1.00 bits per heavy atom. The predicted octanol–water partition coefficient (Wildman–Crippen LogP) is 4.17. The molecule has 0 saturated carbocycles. The summed E-state index contributed by atoms with van der Waals surface area (Å²) in [7, 11) is 1.63. The summed E-state index contributed by atoms with van der Waals surface area (Å²) < 4.78 is 19.8. The van der Waals surface area contributed by atoms with Gasteiger partial charge in [0.2, 0.25) is 4.96 Å². The van der Waals surface area contributed by atoms with Crippen LogP contribution in [0.1, 0.15) is 10.6 Å². The minimum atomic E-state index is -0.250. The van der Waals surface area contributed by atoms with Gasteiger partial charge in [0, 0.05) is 5.56 Å². The molecule has 0 unspecified atom stereocenters. The van der Waals surface area contributed by atoms with E-state index in [9.17, 15) is 4.39 Å². The number of ether oxygens (including phenoxy) is 1. The van der Waals surface area contributed by atoms with Crippen LogP contribution in [0.15, 0.2) is 48.5 Å². The van der Waals surface area contributed by atoms with Gasteiger partial charge in [0.05, 0.1) is 7.11 Å². The normalized spacial score (nSPS) is 11.4. The highest BCUT2D eigenvalue weighted by molar-refractivity contribution is 7.17. The fourth-order valence-electron chi connectivity index (χ4n) is 2.36. The van der Waals surface area contributed by atoms with Crippen molar-refractivity contribution in [3.63, 3.8) is 0 Å². The third-order valence-electron chi connectivity index (χ3n) is 3.64. The minimum absolute atomic E-state index is 0.250. The third-order valence-corrected chi connectivity index (χ3v) is 4.51. The summed E-state index contributed by atoms with van der Waals surface area (Å²) in [5, 5.41) is 13.7. The average Bonchev–Trinajstić information content (AvgIpc) is 3.21. The first kappa shape index (κ1) is 15.5. The number of fused-ring (bicyclic) bond motifs is 1. The first-order chi connectivity index (χ1) is 12.2. The van der Waals surface area contributed by atoms with Crippen molar-refractivity contribution in [2.75, 3.05) is 7.11 Å². The molecule has 0 radical (unpaired) electrons. The van der Waals surface area contributed by atoms with E-state index >= 15 is 0 Å². The predicted molar refractivity (Wildman–Crippen MR) is 96.0 cm³/mol. The molecule has 25 heavy (non-hydrogen) atoms. The van der Waals surface area contributed by atoms with E-state index in [0.29, 0.717) is 10.8 Å².